The number of hydrogen-bond donors (Lipinski definition) is 2. The van der Waals surface area contributed by atoms with Crippen LogP contribution in [0.1, 0.15) is 67.0 Å². The van der Waals surface area contributed by atoms with Crippen molar-refractivity contribution in [2.75, 3.05) is 18.8 Å². The van der Waals surface area contributed by atoms with Gasteiger partial charge in [0.1, 0.15) is 15.8 Å². The van der Waals surface area contributed by atoms with Crippen LogP contribution in [0.4, 0.5) is 4.79 Å². The maximum atomic E-state index is 12.2. The number of thioether (sulfide) groups is 1. The SMILES string of the molecule is CC(C)(C)OC(=O)NCC(=O)NCCSc1cc(C2C(c3ccccc3)C(c3cc(Cl)nc(Cl)n3)C2c2ccccc2)nc(Cl)n1. The second-order valence-electron chi connectivity index (χ2n) is 11.8. The van der Waals surface area contributed by atoms with Gasteiger partial charge in [-0.05, 0) is 67.2 Å². The third kappa shape index (κ3) is 8.67. The molecule has 0 saturated heterocycles. The van der Waals surface area contributed by atoms with Gasteiger partial charge in [-0.1, -0.05) is 72.3 Å². The Kier molecular flexibility index (Phi) is 11.0. The number of aromatic nitrogens is 4. The van der Waals surface area contributed by atoms with Gasteiger partial charge < -0.3 is 15.4 Å². The molecule has 2 N–H and O–H groups in total. The van der Waals surface area contributed by atoms with Crippen molar-refractivity contribution in [2.24, 2.45) is 0 Å². The predicted octanol–water partition coefficient (Wildman–Crippen LogP) is 7.41. The van der Waals surface area contributed by atoms with E-state index in [1.165, 1.54) is 11.8 Å². The van der Waals surface area contributed by atoms with Gasteiger partial charge in [-0.3, -0.25) is 4.79 Å². The number of rotatable bonds is 10. The number of nitrogens with one attached hydrogen (secondary N) is 2. The lowest BCUT2D eigenvalue weighted by molar-refractivity contribution is -0.120. The van der Waals surface area contributed by atoms with E-state index >= 15 is 0 Å². The number of amides is 2. The molecule has 2 atom stereocenters. The maximum Gasteiger partial charge on any atom is 0.408 e. The van der Waals surface area contributed by atoms with E-state index in [-0.39, 0.29) is 51.8 Å². The molecule has 1 aliphatic rings. The summed E-state index contributed by atoms with van der Waals surface area (Å²) in [7, 11) is 0. The van der Waals surface area contributed by atoms with Crippen molar-refractivity contribution in [1.29, 1.82) is 0 Å². The second-order valence-corrected chi connectivity index (χ2v) is 13.9. The molecule has 2 unspecified atom stereocenters. The number of carbonyl (C=O) groups is 2. The van der Waals surface area contributed by atoms with Gasteiger partial charge in [0.15, 0.2) is 0 Å². The molecule has 1 aliphatic carbocycles. The molecule has 0 spiro atoms. The van der Waals surface area contributed by atoms with Crippen LogP contribution in [0.2, 0.25) is 15.7 Å². The van der Waals surface area contributed by atoms with E-state index in [4.69, 9.17) is 44.5 Å². The minimum atomic E-state index is -0.646. The highest BCUT2D eigenvalue weighted by Gasteiger charge is 2.54. The Bertz CT molecular complexity index is 1610. The van der Waals surface area contributed by atoms with Crippen molar-refractivity contribution in [1.82, 2.24) is 30.6 Å². The normalized spacial score (nSPS) is 19.2. The number of halogens is 3. The van der Waals surface area contributed by atoms with E-state index in [2.05, 4.69) is 49.9 Å². The van der Waals surface area contributed by atoms with Crippen LogP contribution in [0, 0.1) is 0 Å². The summed E-state index contributed by atoms with van der Waals surface area (Å²) in [6.07, 6.45) is -0.646. The van der Waals surface area contributed by atoms with Crippen LogP contribution in [0.25, 0.3) is 0 Å². The van der Waals surface area contributed by atoms with Gasteiger partial charge in [-0.2, -0.15) is 0 Å². The Morgan fingerprint density at radius 1 is 0.761 bits per heavy atom. The molecule has 2 amide bonds. The van der Waals surface area contributed by atoms with E-state index < -0.39 is 11.7 Å². The van der Waals surface area contributed by atoms with Crippen molar-refractivity contribution in [3.63, 3.8) is 0 Å². The van der Waals surface area contributed by atoms with Gasteiger partial charge in [-0.25, -0.2) is 24.7 Å². The highest BCUT2D eigenvalue weighted by Crippen LogP contribution is 2.66. The standard InChI is InChI=1S/C33H33Cl3N6O3S/c1-33(2,3)45-32(44)38-18-24(43)37-14-15-46-25-17-22(40-31(36)42-25)29-26(19-10-6-4-7-11-19)28(21-16-23(34)41-30(35)39-21)27(29)20-12-8-5-9-13-20/h4-13,16-17,26-29H,14-15,18H2,1-3H3,(H,37,43)(H,38,44). The molecule has 5 rings (SSSR count). The first kappa shape index (κ1) is 33.9. The molecule has 9 nitrogen and oxygen atoms in total. The average Bonchev–Trinajstić information content (AvgIpc) is 2.97. The summed E-state index contributed by atoms with van der Waals surface area (Å²) in [5.41, 5.74) is 3.17. The fourth-order valence-corrected chi connectivity index (χ4v) is 7.21. The minimum Gasteiger partial charge on any atom is -0.444 e. The Labute approximate surface area is 287 Å². The number of ether oxygens (including phenoxy) is 1. The summed E-state index contributed by atoms with van der Waals surface area (Å²) in [5.74, 6) is 0.0288. The number of carbonyl (C=O) groups excluding carboxylic acids is 2. The first-order valence-corrected chi connectivity index (χ1v) is 16.8. The van der Waals surface area contributed by atoms with Crippen molar-refractivity contribution in [3.8, 4) is 0 Å². The molecule has 1 saturated carbocycles. The maximum absolute atomic E-state index is 12.2. The molecular weight excluding hydrogens is 667 g/mol. The molecule has 2 aromatic heterocycles. The smallest absolute Gasteiger partial charge is 0.408 e. The van der Waals surface area contributed by atoms with E-state index in [0.29, 0.717) is 17.3 Å². The minimum absolute atomic E-state index is 0.0194. The van der Waals surface area contributed by atoms with Gasteiger partial charge in [0.2, 0.25) is 16.5 Å². The molecule has 1 fully saturated rings. The predicted molar refractivity (Wildman–Crippen MR) is 181 cm³/mol. The summed E-state index contributed by atoms with van der Waals surface area (Å²) >= 11 is 20.6. The van der Waals surface area contributed by atoms with Gasteiger partial charge in [0, 0.05) is 36.0 Å². The van der Waals surface area contributed by atoms with Crippen LogP contribution in [0.15, 0.2) is 77.8 Å². The molecule has 46 heavy (non-hydrogen) atoms. The Hall–Kier alpha value is -3.44. The zero-order chi connectivity index (χ0) is 32.8. The first-order chi connectivity index (χ1) is 22.0. The van der Waals surface area contributed by atoms with Gasteiger partial charge in [0.25, 0.3) is 0 Å². The van der Waals surface area contributed by atoms with Crippen molar-refractivity contribution < 1.29 is 14.3 Å². The fourth-order valence-electron chi connectivity index (χ4n) is 5.77. The Morgan fingerprint density at radius 2 is 1.30 bits per heavy atom. The van der Waals surface area contributed by atoms with Gasteiger partial charge >= 0.3 is 6.09 Å². The van der Waals surface area contributed by atoms with Crippen LogP contribution in [0.5, 0.6) is 0 Å². The average molecular weight is 700 g/mol. The number of alkyl carbamates (subject to hydrolysis) is 1. The van der Waals surface area contributed by atoms with Crippen LogP contribution in [0.3, 0.4) is 0 Å². The quantitative estimate of drug-likeness (QED) is 0.0761. The molecular formula is C33H33Cl3N6O3S. The topological polar surface area (TPSA) is 119 Å². The van der Waals surface area contributed by atoms with E-state index in [1.54, 1.807) is 26.8 Å². The molecule has 0 aliphatic heterocycles. The second kappa shape index (κ2) is 15.0. The lowest BCUT2D eigenvalue weighted by atomic mass is 9.50. The zero-order valence-corrected chi connectivity index (χ0v) is 28.5. The number of hydrogen-bond acceptors (Lipinski definition) is 8. The van der Waals surface area contributed by atoms with Crippen LogP contribution in [-0.4, -0.2) is 56.4 Å². The van der Waals surface area contributed by atoms with Crippen molar-refractivity contribution in [2.45, 2.75) is 55.1 Å². The highest BCUT2D eigenvalue weighted by atomic mass is 35.5. The van der Waals surface area contributed by atoms with E-state index in [1.807, 2.05) is 42.5 Å². The Balaban J connectivity index is 1.36. The van der Waals surface area contributed by atoms with Crippen LogP contribution >= 0.6 is 46.6 Å². The molecule has 0 radical (unpaired) electrons. The largest absolute Gasteiger partial charge is 0.444 e. The lowest BCUT2D eigenvalue weighted by Crippen LogP contribution is -2.41. The third-order valence-corrected chi connectivity index (χ3v) is 8.89. The Morgan fingerprint density at radius 3 is 1.85 bits per heavy atom. The molecule has 0 bridgehead atoms. The highest BCUT2D eigenvalue weighted by molar-refractivity contribution is 7.99. The van der Waals surface area contributed by atoms with Gasteiger partial charge in [-0.15, -0.1) is 11.8 Å². The van der Waals surface area contributed by atoms with E-state index in [9.17, 15) is 9.59 Å². The molecule has 2 aromatic carbocycles. The summed E-state index contributed by atoms with van der Waals surface area (Å²) in [4.78, 5) is 41.9. The molecule has 4 aromatic rings. The zero-order valence-electron chi connectivity index (χ0n) is 25.4. The molecule has 240 valence electrons. The fraction of sp³-hybridized carbons (Fsp3) is 0.333. The number of nitrogens with zero attached hydrogens (tertiary/aromatic N) is 4. The first-order valence-electron chi connectivity index (χ1n) is 14.7. The monoisotopic (exact) mass is 698 g/mol. The molecule has 13 heteroatoms. The summed E-state index contributed by atoms with van der Waals surface area (Å²) in [6, 6.07) is 24.2. The summed E-state index contributed by atoms with van der Waals surface area (Å²) < 4.78 is 5.16. The van der Waals surface area contributed by atoms with E-state index in [0.717, 1.165) is 22.5 Å². The summed E-state index contributed by atoms with van der Waals surface area (Å²) in [6.45, 7) is 5.44. The van der Waals surface area contributed by atoms with Crippen LogP contribution < -0.4 is 10.6 Å². The van der Waals surface area contributed by atoms with Crippen LogP contribution in [-0.2, 0) is 9.53 Å². The molecule has 2 heterocycles. The third-order valence-electron chi connectivity index (χ3n) is 7.45. The number of benzene rings is 2. The lowest BCUT2D eigenvalue weighted by Gasteiger charge is -2.52. The van der Waals surface area contributed by atoms with Crippen molar-refractivity contribution in [3.05, 3.63) is 111 Å². The summed E-state index contributed by atoms with van der Waals surface area (Å²) in [5, 5.41) is 6.46. The van der Waals surface area contributed by atoms with Gasteiger partial charge in [0.05, 0.1) is 17.9 Å². The van der Waals surface area contributed by atoms with Crippen molar-refractivity contribution >= 4 is 58.6 Å².